The maximum absolute atomic E-state index is 11.6. The first-order valence-electron chi connectivity index (χ1n) is 6.93. The molecule has 0 atom stereocenters. The van der Waals surface area contributed by atoms with Crippen molar-refractivity contribution in [1.29, 1.82) is 0 Å². The molecule has 2 amide bonds. The number of carboxylic acids is 1. The molecule has 0 radical (unpaired) electrons. The molecule has 0 fully saturated rings. The van der Waals surface area contributed by atoms with E-state index >= 15 is 0 Å². The second kappa shape index (κ2) is 8.73. The van der Waals surface area contributed by atoms with Crippen molar-refractivity contribution in [1.82, 2.24) is 0 Å². The Morgan fingerprint density at radius 2 is 1.38 bits per heavy atom. The number of benzene rings is 1. The maximum atomic E-state index is 11.6. The third kappa shape index (κ3) is 7.10. The fourth-order valence-corrected chi connectivity index (χ4v) is 1.71. The second-order valence-electron chi connectivity index (χ2n) is 4.67. The first-order chi connectivity index (χ1) is 10.0. The Hall–Kier alpha value is -2.37. The minimum atomic E-state index is -0.907. The van der Waals surface area contributed by atoms with Gasteiger partial charge in [-0.25, -0.2) is 0 Å². The number of carboxylic acid groups (broad SMARTS) is 1. The maximum Gasteiger partial charge on any atom is 0.303 e. The predicted octanol–water partition coefficient (Wildman–Crippen LogP) is 2.62. The Morgan fingerprint density at radius 1 is 0.905 bits per heavy atom. The minimum Gasteiger partial charge on any atom is -0.481 e. The minimum absolute atomic E-state index is 0.0180. The normalized spacial score (nSPS) is 9.95. The number of carbonyl (C=O) groups is 3. The van der Waals surface area contributed by atoms with Crippen molar-refractivity contribution in [3.05, 3.63) is 24.3 Å². The summed E-state index contributed by atoms with van der Waals surface area (Å²) in [5.41, 5.74) is 1.29. The molecule has 0 aliphatic rings. The molecular weight excluding hydrogens is 272 g/mol. The molecular formula is C15H20N2O4. The number of hydrogen-bond acceptors (Lipinski definition) is 3. The van der Waals surface area contributed by atoms with Crippen LogP contribution in [-0.2, 0) is 14.4 Å². The summed E-state index contributed by atoms with van der Waals surface area (Å²) in [7, 11) is 0. The molecule has 3 N–H and O–H groups in total. The van der Waals surface area contributed by atoms with Crippen LogP contribution in [-0.4, -0.2) is 22.9 Å². The molecule has 0 aliphatic heterocycles. The van der Waals surface area contributed by atoms with Crippen molar-refractivity contribution in [3.63, 3.8) is 0 Å². The summed E-state index contributed by atoms with van der Waals surface area (Å²) in [5, 5.41) is 13.9. The number of nitrogens with one attached hydrogen (secondary N) is 2. The van der Waals surface area contributed by atoms with E-state index in [2.05, 4.69) is 10.6 Å². The largest absolute Gasteiger partial charge is 0.481 e. The van der Waals surface area contributed by atoms with Crippen molar-refractivity contribution in [2.24, 2.45) is 0 Å². The van der Waals surface area contributed by atoms with Gasteiger partial charge in [-0.05, 0) is 37.1 Å². The molecule has 6 nitrogen and oxygen atoms in total. The molecule has 6 heteroatoms. The van der Waals surface area contributed by atoms with Gasteiger partial charge in [0.1, 0.15) is 0 Å². The van der Waals surface area contributed by atoms with Crippen molar-refractivity contribution in [2.45, 2.75) is 39.0 Å². The van der Waals surface area contributed by atoms with Crippen LogP contribution >= 0.6 is 0 Å². The first-order valence-corrected chi connectivity index (χ1v) is 6.93. The zero-order valence-corrected chi connectivity index (χ0v) is 12.0. The van der Waals surface area contributed by atoms with Crippen LogP contribution in [0.1, 0.15) is 39.0 Å². The summed E-state index contributed by atoms with van der Waals surface area (Å²) in [4.78, 5) is 33.3. The molecule has 114 valence electrons. The van der Waals surface area contributed by atoms with E-state index < -0.39 is 5.97 Å². The average molecular weight is 292 g/mol. The Labute approximate surface area is 123 Å². The summed E-state index contributed by atoms with van der Waals surface area (Å²) in [6.07, 6.45) is 1.72. The summed E-state index contributed by atoms with van der Waals surface area (Å²) in [6.45, 7) is 1.93. The van der Waals surface area contributed by atoms with Crippen LogP contribution in [0.4, 0.5) is 11.4 Å². The topological polar surface area (TPSA) is 95.5 Å². The van der Waals surface area contributed by atoms with Crippen LogP contribution in [0.5, 0.6) is 0 Å². The molecule has 1 aromatic rings. The van der Waals surface area contributed by atoms with Gasteiger partial charge in [-0.2, -0.15) is 0 Å². The number of anilines is 2. The predicted molar refractivity (Wildman–Crippen MR) is 80.1 cm³/mol. The van der Waals surface area contributed by atoms with E-state index in [0.29, 0.717) is 24.2 Å². The molecule has 0 saturated heterocycles. The Bertz CT molecular complexity index is 497. The van der Waals surface area contributed by atoms with Gasteiger partial charge in [0.2, 0.25) is 11.8 Å². The standard InChI is InChI=1S/C15H20N2O4/c1-2-4-13(18)16-11-7-9-12(10-8-11)17-14(19)5-3-6-15(20)21/h7-10H,2-6H2,1H3,(H,16,18)(H,17,19)(H,20,21). The van der Waals surface area contributed by atoms with Crippen molar-refractivity contribution >= 4 is 29.2 Å². The van der Waals surface area contributed by atoms with Gasteiger partial charge in [-0.15, -0.1) is 0 Å². The lowest BCUT2D eigenvalue weighted by molar-refractivity contribution is -0.137. The van der Waals surface area contributed by atoms with Crippen LogP contribution in [0.25, 0.3) is 0 Å². The van der Waals surface area contributed by atoms with Gasteiger partial charge in [0.15, 0.2) is 0 Å². The van der Waals surface area contributed by atoms with Gasteiger partial charge in [0.05, 0.1) is 0 Å². The van der Waals surface area contributed by atoms with Crippen molar-refractivity contribution in [2.75, 3.05) is 10.6 Å². The van der Waals surface area contributed by atoms with Gasteiger partial charge in [-0.1, -0.05) is 6.92 Å². The highest BCUT2D eigenvalue weighted by Gasteiger charge is 2.05. The molecule has 1 rings (SSSR count). The SMILES string of the molecule is CCCC(=O)Nc1ccc(NC(=O)CCCC(=O)O)cc1. The quantitative estimate of drug-likeness (QED) is 0.686. The molecule has 1 aromatic carbocycles. The lowest BCUT2D eigenvalue weighted by Gasteiger charge is -2.07. The van der Waals surface area contributed by atoms with E-state index in [0.717, 1.165) is 6.42 Å². The van der Waals surface area contributed by atoms with Gasteiger partial charge in [0.25, 0.3) is 0 Å². The van der Waals surface area contributed by atoms with Gasteiger partial charge >= 0.3 is 5.97 Å². The number of amides is 2. The van der Waals surface area contributed by atoms with Crippen LogP contribution in [0.3, 0.4) is 0 Å². The summed E-state index contributed by atoms with van der Waals surface area (Å²) in [5.74, 6) is -1.17. The molecule has 0 unspecified atom stereocenters. The molecule has 0 heterocycles. The van der Waals surface area contributed by atoms with E-state index in [1.807, 2.05) is 6.92 Å². The van der Waals surface area contributed by atoms with Gasteiger partial charge in [0, 0.05) is 30.6 Å². The monoisotopic (exact) mass is 292 g/mol. The highest BCUT2D eigenvalue weighted by molar-refractivity contribution is 5.93. The van der Waals surface area contributed by atoms with Gasteiger partial charge in [-0.3, -0.25) is 14.4 Å². The molecule has 0 spiro atoms. The van der Waals surface area contributed by atoms with Crippen LogP contribution < -0.4 is 10.6 Å². The molecule has 21 heavy (non-hydrogen) atoms. The van der Waals surface area contributed by atoms with E-state index in [1.54, 1.807) is 24.3 Å². The molecule has 0 bridgehead atoms. The number of rotatable bonds is 8. The van der Waals surface area contributed by atoms with E-state index in [4.69, 9.17) is 5.11 Å². The summed E-state index contributed by atoms with van der Waals surface area (Å²) >= 11 is 0. The van der Waals surface area contributed by atoms with Crippen LogP contribution in [0.15, 0.2) is 24.3 Å². The fraction of sp³-hybridized carbons (Fsp3) is 0.400. The first kappa shape index (κ1) is 16.7. The third-order valence-electron chi connectivity index (χ3n) is 2.72. The number of hydrogen-bond donors (Lipinski definition) is 3. The second-order valence-corrected chi connectivity index (χ2v) is 4.67. The summed E-state index contributed by atoms with van der Waals surface area (Å²) < 4.78 is 0. The van der Waals surface area contributed by atoms with Crippen molar-refractivity contribution in [3.8, 4) is 0 Å². The zero-order valence-electron chi connectivity index (χ0n) is 12.0. The van der Waals surface area contributed by atoms with Crippen LogP contribution in [0, 0.1) is 0 Å². The smallest absolute Gasteiger partial charge is 0.303 e. The Kier molecular flexibility index (Phi) is 6.94. The highest BCUT2D eigenvalue weighted by atomic mass is 16.4. The Balaban J connectivity index is 2.41. The highest BCUT2D eigenvalue weighted by Crippen LogP contribution is 2.14. The van der Waals surface area contributed by atoms with E-state index in [-0.39, 0.29) is 24.7 Å². The average Bonchev–Trinajstić information content (AvgIpc) is 2.41. The lowest BCUT2D eigenvalue weighted by Crippen LogP contribution is -2.12. The van der Waals surface area contributed by atoms with E-state index in [1.165, 1.54) is 0 Å². The molecule has 0 saturated carbocycles. The Morgan fingerprint density at radius 3 is 1.81 bits per heavy atom. The lowest BCUT2D eigenvalue weighted by atomic mass is 10.2. The molecule has 0 aromatic heterocycles. The number of carbonyl (C=O) groups excluding carboxylic acids is 2. The zero-order chi connectivity index (χ0) is 15.7. The van der Waals surface area contributed by atoms with E-state index in [9.17, 15) is 14.4 Å². The number of aliphatic carboxylic acids is 1. The third-order valence-corrected chi connectivity index (χ3v) is 2.72. The van der Waals surface area contributed by atoms with Crippen LogP contribution in [0.2, 0.25) is 0 Å². The van der Waals surface area contributed by atoms with Gasteiger partial charge < -0.3 is 15.7 Å². The molecule has 0 aliphatic carbocycles. The van der Waals surface area contributed by atoms with Crippen molar-refractivity contribution < 1.29 is 19.5 Å². The summed E-state index contributed by atoms with van der Waals surface area (Å²) in [6, 6.07) is 6.80. The fourth-order valence-electron chi connectivity index (χ4n) is 1.71.